The molecule has 0 spiro atoms. The van der Waals surface area contributed by atoms with Crippen LogP contribution >= 0.6 is 0 Å². The number of fused-ring (bicyclic) bond motifs is 6. The SMILES string of the molecule is c1ccc(-c2nc(-c3ccc(-c4ccc(-c5ccccn5)cc4)cc3)cc(-c3cc(-c4ccc5oc6ccccc6c5c4)cc(-c4ccc5oc6ccccc6c5c4)c3)n2)cc1. The van der Waals surface area contributed by atoms with E-state index in [0.717, 1.165) is 117 Å². The highest BCUT2D eigenvalue weighted by atomic mass is 16.3. The van der Waals surface area contributed by atoms with Gasteiger partial charge in [0.15, 0.2) is 5.82 Å². The Kier molecular flexibility index (Phi) is 8.42. The largest absolute Gasteiger partial charge is 0.456 e. The van der Waals surface area contributed by atoms with Crippen molar-refractivity contribution in [3.63, 3.8) is 0 Å². The number of hydrogen-bond acceptors (Lipinski definition) is 5. The molecule has 0 N–H and O–H groups in total. The van der Waals surface area contributed by atoms with Gasteiger partial charge in [0, 0.05) is 50.0 Å². The average molecular weight is 794 g/mol. The Morgan fingerprint density at radius 2 is 0.710 bits per heavy atom. The van der Waals surface area contributed by atoms with Crippen molar-refractivity contribution in [1.29, 1.82) is 0 Å². The van der Waals surface area contributed by atoms with Crippen molar-refractivity contribution in [2.45, 2.75) is 0 Å². The van der Waals surface area contributed by atoms with Crippen LogP contribution in [0.3, 0.4) is 0 Å². The Labute approximate surface area is 357 Å². The molecule has 5 nitrogen and oxygen atoms in total. The van der Waals surface area contributed by atoms with Gasteiger partial charge in [-0.1, -0.05) is 133 Å². The molecule has 8 aromatic carbocycles. The van der Waals surface area contributed by atoms with E-state index in [9.17, 15) is 0 Å². The van der Waals surface area contributed by atoms with Crippen LogP contribution in [-0.2, 0) is 0 Å². The Hall–Kier alpha value is -8.41. The first-order chi connectivity index (χ1) is 30.7. The van der Waals surface area contributed by atoms with Gasteiger partial charge in [-0.25, -0.2) is 9.97 Å². The third-order valence-electron chi connectivity index (χ3n) is 11.8. The molecule has 0 amide bonds. The fourth-order valence-corrected chi connectivity index (χ4v) is 8.58. The zero-order valence-corrected chi connectivity index (χ0v) is 33.4. The lowest BCUT2D eigenvalue weighted by Crippen LogP contribution is -1.96. The van der Waals surface area contributed by atoms with Crippen LogP contribution in [-0.4, -0.2) is 15.0 Å². The fourth-order valence-electron chi connectivity index (χ4n) is 8.58. The Bertz CT molecular complexity index is 3480. The molecule has 0 bridgehead atoms. The summed E-state index contributed by atoms with van der Waals surface area (Å²) in [4.78, 5) is 15.0. The molecule has 4 heterocycles. The van der Waals surface area contributed by atoms with Crippen molar-refractivity contribution in [3.05, 3.63) is 212 Å². The first-order valence-corrected chi connectivity index (χ1v) is 20.7. The van der Waals surface area contributed by atoms with Gasteiger partial charge in [0.2, 0.25) is 0 Å². The van der Waals surface area contributed by atoms with Crippen molar-refractivity contribution in [2.75, 3.05) is 0 Å². The molecule has 0 aliphatic carbocycles. The molecule has 12 aromatic rings. The number of hydrogen-bond donors (Lipinski definition) is 0. The lowest BCUT2D eigenvalue weighted by atomic mass is 9.93. The normalized spacial score (nSPS) is 11.5. The molecule has 0 atom stereocenters. The van der Waals surface area contributed by atoms with E-state index in [4.69, 9.17) is 18.8 Å². The predicted molar refractivity (Wildman–Crippen MR) is 252 cm³/mol. The van der Waals surface area contributed by atoms with E-state index in [1.807, 2.05) is 66.9 Å². The summed E-state index contributed by atoms with van der Waals surface area (Å²) in [5.41, 5.74) is 16.7. The fraction of sp³-hybridized carbons (Fsp3) is 0. The standard InChI is InChI=1S/C57H35N3O2/c1-2-10-40(11-3-1)57-59-51(39-23-19-37(20-24-39)36-17-21-38(22-18-36)50-14-8-9-29-58-50)35-52(60-57)45-31-43(41-25-27-55-48(33-41)46-12-4-6-15-53(46)61-55)30-44(32-45)42-26-28-56-49(34-42)47-13-5-7-16-54(47)62-56/h1-35H. The second-order valence-electron chi connectivity index (χ2n) is 15.6. The molecule has 5 heteroatoms. The van der Waals surface area contributed by atoms with Crippen molar-refractivity contribution >= 4 is 43.9 Å². The molecule has 290 valence electrons. The maximum atomic E-state index is 6.23. The van der Waals surface area contributed by atoms with Gasteiger partial charge in [0.1, 0.15) is 22.3 Å². The minimum Gasteiger partial charge on any atom is -0.456 e. The maximum absolute atomic E-state index is 6.23. The summed E-state index contributed by atoms with van der Waals surface area (Å²) >= 11 is 0. The van der Waals surface area contributed by atoms with Crippen molar-refractivity contribution in [2.24, 2.45) is 0 Å². The number of para-hydroxylation sites is 2. The summed E-state index contributed by atoms with van der Waals surface area (Å²) in [6, 6.07) is 71.6. The first kappa shape index (κ1) is 35.5. The third kappa shape index (κ3) is 6.40. The quantitative estimate of drug-likeness (QED) is 0.161. The van der Waals surface area contributed by atoms with E-state index in [1.165, 1.54) is 0 Å². The van der Waals surface area contributed by atoms with Crippen LogP contribution in [0, 0.1) is 0 Å². The van der Waals surface area contributed by atoms with Crippen LogP contribution in [0.1, 0.15) is 0 Å². The summed E-state index contributed by atoms with van der Waals surface area (Å²) in [5.74, 6) is 0.664. The van der Waals surface area contributed by atoms with Crippen LogP contribution < -0.4 is 0 Å². The molecular formula is C57H35N3O2. The molecule has 0 fully saturated rings. The van der Waals surface area contributed by atoms with Gasteiger partial charge in [-0.2, -0.15) is 0 Å². The maximum Gasteiger partial charge on any atom is 0.160 e. The lowest BCUT2D eigenvalue weighted by Gasteiger charge is -2.14. The molecule has 0 aliphatic heterocycles. The van der Waals surface area contributed by atoms with E-state index in [2.05, 4.69) is 151 Å². The Morgan fingerprint density at radius 1 is 0.258 bits per heavy atom. The molecular weight excluding hydrogens is 759 g/mol. The van der Waals surface area contributed by atoms with Gasteiger partial charge < -0.3 is 8.83 Å². The first-order valence-electron chi connectivity index (χ1n) is 20.7. The number of nitrogens with zero attached hydrogens (tertiary/aromatic N) is 3. The molecule has 0 aliphatic rings. The molecule has 12 rings (SSSR count). The molecule has 62 heavy (non-hydrogen) atoms. The highest BCUT2D eigenvalue weighted by molar-refractivity contribution is 6.07. The van der Waals surface area contributed by atoms with Gasteiger partial charge in [-0.15, -0.1) is 0 Å². The smallest absolute Gasteiger partial charge is 0.160 e. The summed E-state index contributed by atoms with van der Waals surface area (Å²) < 4.78 is 12.5. The average Bonchev–Trinajstić information content (AvgIpc) is 3.92. The Morgan fingerprint density at radius 3 is 1.27 bits per heavy atom. The Balaban J connectivity index is 1.00. The third-order valence-corrected chi connectivity index (χ3v) is 11.8. The van der Waals surface area contributed by atoms with Crippen LogP contribution in [0.25, 0.3) is 122 Å². The zero-order chi connectivity index (χ0) is 41.0. The summed E-state index contributed by atoms with van der Waals surface area (Å²) in [6.07, 6.45) is 1.83. The van der Waals surface area contributed by atoms with Gasteiger partial charge in [-0.05, 0) is 106 Å². The van der Waals surface area contributed by atoms with E-state index < -0.39 is 0 Å². The van der Waals surface area contributed by atoms with Crippen LogP contribution in [0.4, 0.5) is 0 Å². The predicted octanol–water partition coefficient (Wildman–Crippen LogP) is 15.3. The summed E-state index contributed by atoms with van der Waals surface area (Å²) in [6.45, 7) is 0. The van der Waals surface area contributed by atoms with Crippen molar-refractivity contribution < 1.29 is 8.83 Å². The van der Waals surface area contributed by atoms with Gasteiger partial charge in [-0.3, -0.25) is 4.98 Å². The highest BCUT2D eigenvalue weighted by Gasteiger charge is 2.16. The zero-order valence-electron chi connectivity index (χ0n) is 33.4. The number of furan rings is 2. The lowest BCUT2D eigenvalue weighted by molar-refractivity contribution is 0.668. The van der Waals surface area contributed by atoms with Crippen LogP contribution in [0.15, 0.2) is 221 Å². The number of aromatic nitrogens is 3. The van der Waals surface area contributed by atoms with Crippen LogP contribution in [0.2, 0.25) is 0 Å². The van der Waals surface area contributed by atoms with E-state index in [1.54, 1.807) is 0 Å². The number of benzene rings is 8. The second kappa shape index (κ2) is 14.7. The van der Waals surface area contributed by atoms with Crippen molar-refractivity contribution in [3.8, 4) is 78.5 Å². The van der Waals surface area contributed by atoms with E-state index in [0.29, 0.717) is 5.82 Å². The summed E-state index contributed by atoms with van der Waals surface area (Å²) in [5, 5.41) is 4.36. The molecule has 4 aromatic heterocycles. The molecule has 0 unspecified atom stereocenters. The molecule has 0 saturated heterocycles. The topological polar surface area (TPSA) is 65.0 Å². The van der Waals surface area contributed by atoms with Crippen molar-refractivity contribution in [1.82, 2.24) is 15.0 Å². The molecule has 0 radical (unpaired) electrons. The monoisotopic (exact) mass is 793 g/mol. The second-order valence-corrected chi connectivity index (χ2v) is 15.6. The van der Waals surface area contributed by atoms with Gasteiger partial charge in [0.25, 0.3) is 0 Å². The number of rotatable bonds is 7. The molecule has 0 saturated carbocycles. The minimum absolute atomic E-state index is 0.664. The van der Waals surface area contributed by atoms with E-state index in [-0.39, 0.29) is 0 Å². The summed E-state index contributed by atoms with van der Waals surface area (Å²) in [7, 11) is 0. The van der Waals surface area contributed by atoms with Gasteiger partial charge in [0.05, 0.1) is 17.1 Å². The minimum atomic E-state index is 0.664. The van der Waals surface area contributed by atoms with E-state index >= 15 is 0 Å². The number of pyridine rings is 1. The van der Waals surface area contributed by atoms with Crippen LogP contribution in [0.5, 0.6) is 0 Å². The van der Waals surface area contributed by atoms with Gasteiger partial charge >= 0.3 is 0 Å². The highest BCUT2D eigenvalue weighted by Crippen LogP contribution is 2.39.